The SMILES string of the molecule is CCCCCC1CCC(c2ccc(OCCCCCCCCCCCCc3ccc4c5c(ccc4c3)OCCOCCOc3ccc4cc(CCCCCCCCCCCCOc6ccc(C7CCC(CCCCC)CC7)cc6)ccc4c3-5)cc2)CC1. The highest BCUT2D eigenvalue weighted by molar-refractivity contribution is 6.10. The minimum atomic E-state index is 0.512. The third-order valence-electron chi connectivity index (χ3n) is 20.4. The van der Waals surface area contributed by atoms with E-state index in [2.05, 4.69) is 123 Å². The first-order valence-electron chi connectivity index (χ1n) is 36.5. The summed E-state index contributed by atoms with van der Waals surface area (Å²) < 4.78 is 31.3. The number of aryl methyl sites for hydroxylation is 2. The molecular formula is C82H116O5. The average molecular weight is 1180 g/mol. The highest BCUT2D eigenvalue weighted by Gasteiger charge is 2.25. The Labute approximate surface area is 529 Å². The summed E-state index contributed by atoms with van der Waals surface area (Å²) in [7, 11) is 0. The van der Waals surface area contributed by atoms with Gasteiger partial charge in [-0.3, -0.25) is 0 Å². The van der Waals surface area contributed by atoms with Crippen molar-refractivity contribution in [3.63, 3.8) is 0 Å². The largest absolute Gasteiger partial charge is 0.494 e. The second-order valence-corrected chi connectivity index (χ2v) is 27.1. The molecule has 0 unspecified atom stereocenters. The molecule has 0 atom stereocenters. The number of rotatable bonds is 38. The Morgan fingerprint density at radius 3 is 1.09 bits per heavy atom. The molecule has 6 aromatic rings. The van der Waals surface area contributed by atoms with Crippen molar-refractivity contribution in [1.29, 1.82) is 0 Å². The monoisotopic (exact) mass is 1180 g/mol. The van der Waals surface area contributed by atoms with Crippen LogP contribution in [0, 0.1) is 11.8 Å². The number of hydrogen-bond donors (Lipinski definition) is 0. The zero-order valence-electron chi connectivity index (χ0n) is 54.9. The number of benzene rings is 6. The molecule has 87 heavy (non-hydrogen) atoms. The maximum atomic E-state index is 6.56. The van der Waals surface area contributed by atoms with Crippen molar-refractivity contribution in [2.45, 2.75) is 270 Å². The van der Waals surface area contributed by atoms with Crippen LogP contribution in [0.4, 0.5) is 0 Å². The smallest absolute Gasteiger partial charge is 0.128 e. The highest BCUT2D eigenvalue weighted by atomic mass is 16.5. The van der Waals surface area contributed by atoms with Gasteiger partial charge >= 0.3 is 0 Å². The Bertz CT molecular complexity index is 2620. The van der Waals surface area contributed by atoms with Gasteiger partial charge in [0.15, 0.2) is 0 Å². The lowest BCUT2D eigenvalue weighted by atomic mass is 9.77. The molecule has 3 aliphatic rings. The minimum Gasteiger partial charge on any atom is -0.494 e. The molecule has 0 aromatic heterocycles. The lowest BCUT2D eigenvalue weighted by Gasteiger charge is -2.29. The molecule has 474 valence electrons. The van der Waals surface area contributed by atoms with Crippen LogP contribution in [0.3, 0.4) is 0 Å². The van der Waals surface area contributed by atoms with Gasteiger partial charge in [-0.15, -0.1) is 0 Å². The number of fused-ring (bicyclic) bond motifs is 7. The quantitative estimate of drug-likeness (QED) is 0.0362. The van der Waals surface area contributed by atoms with Gasteiger partial charge in [0.25, 0.3) is 0 Å². The van der Waals surface area contributed by atoms with E-state index in [1.165, 1.54) is 262 Å². The average Bonchev–Trinajstić information content (AvgIpc) is 1.62. The van der Waals surface area contributed by atoms with Gasteiger partial charge in [-0.25, -0.2) is 0 Å². The van der Waals surface area contributed by atoms with E-state index in [4.69, 9.17) is 23.7 Å². The molecule has 0 spiro atoms. The fourth-order valence-electron chi connectivity index (χ4n) is 15.0. The van der Waals surface area contributed by atoms with Crippen molar-refractivity contribution in [2.75, 3.05) is 39.6 Å². The maximum absolute atomic E-state index is 6.56. The van der Waals surface area contributed by atoms with Crippen molar-refractivity contribution in [2.24, 2.45) is 11.8 Å². The van der Waals surface area contributed by atoms with E-state index in [1.54, 1.807) is 0 Å². The second kappa shape index (κ2) is 38.5. The lowest BCUT2D eigenvalue weighted by molar-refractivity contribution is 0.0776. The van der Waals surface area contributed by atoms with Gasteiger partial charge < -0.3 is 23.7 Å². The summed E-state index contributed by atoms with van der Waals surface area (Å²) in [6.07, 6.45) is 50.6. The number of ether oxygens (including phenoxy) is 5. The Balaban J connectivity index is 0.634. The number of unbranched alkanes of at least 4 members (excludes halogenated alkanes) is 22. The summed E-state index contributed by atoms with van der Waals surface area (Å²) in [5, 5.41) is 4.97. The summed E-state index contributed by atoms with van der Waals surface area (Å²) in [5.41, 5.74) is 8.15. The van der Waals surface area contributed by atoms with Crippen molar-refractivity contribution in [3.05, 3.63) is 131 Å². The van der Waals surface area contributed by atoms with Gasteiger partial charge in [0.2, 0.25) is 0 Å². The van der Waals surface area contributed by atoms with E-state index in [0.717, 1.165) is 96.7 Å². The highest BCUT2D eigenvalue weighted by Crippen LogP contribution is 2.47. The molecule has 2 fully saturated rings. The maximum Gasteiger partial charge on any atom is 0.128 e. The minimum absolute atomic E-state index is 0.512. The van der Waals surface area contributed by atoms with Crippen LogP contribution in [0.2, 0.25) is 0 Å². The summed E-state index contributed by atoms with van der Waals surface area (Å²) in [4.78, 5) is 0. The van der Waals surface area contributed by atoms with Crippen LogP contribution in [0.5, 0.6) is 23.0 Å². The zero-order chi connectivity index (χ0) is 59.8. The van der Waals surface area contributed by atoms with Crippen LogP contribution >= 0.6 is 0 Å². The van der Waals surface area contributed by atoms with Crippen molar-refractivity contribution < 1.29 is 23.7 Å². The van der Waals surface area contributed by atoms with Crippen molar-refractivity contribution in [3.8, 4) is 34.1 Å². The van der Waals surface area contributed by atoms with E-state index in [0.29, 0.717) is 26.4 Å². The van der Waals surface area contributed by atoms with Crippen molar-refractivity contribution >= 4 is 21.5 Å². The first-order valence-corrected chi connectivity index (χ1v) is 36.5. The third-order valence-corrected chi connectivity index (χ3v) is 20.4. The molecular weight excluding hydrogens is 1060 g/mol. The van der Waals surface area contributed by atoms with E-state index >= 15 is 0 Å². The Morgan fingerprint density at radius 2 is 0.713 bits per heavy atom. The summed E-state index contributed by atoms with van der Waals surface area (Å²) in [6.45, 7) is 8.41. The fourth-order valence-corrected chi connectivity index (χ4v) is 15.0. The summed E-state index contributed by atoms with van der Waals surface area (Å²) in [6, 6.07) is 41.4. The first-order chi connectivity index (χ1) is 43.1. The van der Waals surface area contributed by atoms with Gasteiger partial charge in [0.05, 0.1) is 26.4 Å². The standard InChI is InChI=1S/C82H116O5/c1-3-5-23-29-65-33-39-69(40-34-65)71-43-49-75(50-44-71)84-57-27-21-17-13-9-7-11-15-19-25-31-67-37-53-77-73(63-67)47-55-79-81(77)82-78-54-38-68(64-74(78)48-56-80(82)87-62-60-83-59-61-86-79)32-26-20-16-12-8-10-14-18-22-28-58-85-76-51-45-72(46-52-76)70-41-35-66(36-42-70)30-24-6-4-2/h37-38,43-56,63-66,69-70H,3-36,39-42,57-62H2,1-2H3. The van der Waals surface area contributed by atoms with Gasteiger partial charge in [0.1, 0.15) is 36.2 Å². The normalized spacial score (nSPS) is 18.1. The molecule has 5 heteroatoms. The van der Waals surface area contributed by atoms with E-state index in [1.807, 2.05) is 0 Å². The molecule has 6 aromatic carbocycles. The number of hydrogen-bond acceptors (Lipinski definition) is 5. The molecule has 0 radical (unpaired) electrons. The Hall–Kier alpha value is -5.00. The van der Waals surface area contributed by atoms with Gasteiger partial charge in [-0.1, -0.05) is 241 Å². The molecule has 0 amide bonds. The van der Waals surface area contributed by atoms with Crippen LogP contribution in [-0.4, -0.2) is 39.6 Å². The summed E-state index contributed by atoms with van der Waals surface area (Å²) in [5.74, 6) is 7.32. The second-order valence-electron chi connectivity index (χ2n) is 27.1. The Kier molecular flexibility index (Phi) is 29.4. The molecule has 1 aliphatic heterocycles. The van der Waals surface area contributed by atoms with Crippen LogP contribution in [0.1, 0.15) is 279 Å². The van der Waals surface area contributed by atoms with Gasteiger partial charge in [0, 0.05) is 11.1 Å². The van der Waals surface area contributed by atoms with E-state index < -0.39 is 0 Å². The predicted molar refractivity (Wildman–Crippen MR) is 370 cm³/mol. The van der Waals surface area contributed by atoms with E-state index in [9.17, 15) is 0 Å². The zero-order valence-corrected chi connectivity index (χ0v) is 54.9. The molecule has 2 saturated carbocycles. The molecule has 9 rings (SSSR count). The predicted octanol–water partition coefficient (Wildman–Crippen LogP) is 24.2. The van der Waals surface area contributed by atoms with Crippen LogP contribution in [-0.2, 0) is 17.6 Å². The first kappa shape index (κ1) is 66.4. The van der Waals surface area contributed by atoms with Gasteiger partial charge in [-0.05, 0) is 194 Å². The molecule has 5 nitrogen and oxygen atoms in total. The fraction of sp³-hybridized carbons (Fsp3) is 0.610. The van der Waals surface area contributed by atoms with E-state index in [-0.39, 0.29) is 0 Å². The molecule has 0 bridgehead atoms. The molecule has 0 saturated heterocycles. The molecule has 2 aliphatic carbocycles. The lowest BCUT2D eigenvalue weighted by Crippen LogP contribution is -2.13. The Morgan fingerprint density at radius 1 is 0.345 bits per heavy atom. The molecule has 1 heterocycles. The summed E-state index contributed by atoms with van der Waals surface area (Å²) >= 11 is 0. The third kappa shape index (κ3) is 22.2. The molecule has 0 N–H and O–H groups in total. The topological polar surface area (TPSA) is 46.2 Å². The van der Waals surface area contributed by atoms with Gasteiger partial charge in [-0.2, -0.15) is 0 Å². The van der Waals surface area contributed by atoms with Crippen LogP contribution < -0.4 is 18.9 Å². The van der Waals surface area contributed by atoms with Crippen LogP contribution in [0.15, 0.2) is 109 Å². The van der Waals surface area contributed by atoms with Crippen molar-refractivity contribution in [1.82, 2.24) is 0 Å². The van der Waals surface area contributed by atoms with Crippen LogP contribution in [0.25, 0.3) is 32.7 Å².